The number of methoxy groups -OCH3 is 1. The lowest BCUT2D eigenvalue weighted by atomic mass is 9.91. The lowest BCUT2D eigenvalue weighted by Crippen LogP contribution is -2.37. The average Bonchev–Trinajstić information content (AvgIpc) is 3.31. The highest BCUT2D eigenvalue weighted by molar-refractivity contribution is 5.91. The van der Waals surface area contributed by atoms with Crippen LogP contribution in [0.25, 0.3) is 0 Å². The summed E-state index contributed by atoms with van der Waals surface area (Å²) in [6, 6.07) is 14.9. The van der Waals surface area contributed by atoms with Gasteiger partial charge in [-0.1, -0.05) is 41.5 Å². The molecule has 0 bridgehead atoms. The van der Waals surface area contributed by atoms with Crippen LogP contribution >= 0.6 is 0 Å². The van der Waals surface area contributed by atoms with Crippen LogP contribution in [0.1, 0.15) is 47.4 Å². The molecule has 1 saturated heterocycles. The van der Waals surface area contributed by atoms with E-state index >= 15 is 0 Å². The quantitative estimate of drug-likeness (QED) is 0.821. The number of rotatable bonds is 4. The van der Waals surface area contributed by atoms with Crippen LogP contribution in [0.15, 0.2) is 42.5 Å². The summed E-state index contributed by atoms with van der Waals surface area (Å²) >= 11 is 0. The lowest BCUT2D eigenvalue weighted by Gasteiger charge is -2.24. The first-order valence-electron chi connectivity index (χ1n) is 9.54. The first-order valence-corrected chi connectivity index (χ1v) is 9.54. The highest BCUT2D eigenvalue weighted by atomic mass is 16.5. The number of amides is 1. The third kappa shape index (κ3) is 3.00. The van der Waals surface area contributed by atoms with E-state index in [0.29, 0.717) is 11.8 Å². The molecule has 2 aliphatic rings. The van der Waals surface area contributed by atoms with E-state index in [2.05, 4.69) is 49.1 Å². The van der Waals surface area contributed by atoms with Gasteiger partial charge in [0.15, 0.2) is 0 Å². The molecule has 3 heteroatoms. The van der Waals surface area contributed by atoms with Crippen molar-refractivity contribution < 1.29 is 9.53 Å². The SMILES string of the molecule is COc1ccc(C2CCN(C(=O)C3(c4cc(C)cc(C)c4)CC3)C2)cc1. The Kier molecular flexibility index (Phi) is 4.26. The summed E-state index contributed by atoms with van der Waals surface area (Å²) in [6.07, 6.45) is 3.01. The normalized spacial score (nSPS) is 20.9. The van der Waals surface area contributed by atoms with Crippen LogP contribution in [-0.2, 0) is 10.2 Å². The van der Waals surface area contributed by atoms with E-state index in [4.69, 9.17) is 4.74 Å². The minimum atomic E-state index is -0.258. The Balaban J connectivity index is 1.50. The van der Waals surface area contributed by atoms with Crippen LogP contribution < -0.4 is 4.74 Å². The van der Waals surface area contributed by atoms with E-state index in [1.54, 1.807) is 7.11 Å². The van der Waals surface area contributed by atoms with Crippen molar-refractivity contribution in [3.05, 3.63) is 64.7 Å². The van der Waals surface area contributed by atoms with Crippen LogP contribution in [0.4, 0.5) is 0 Å². The van der Waals surface area contributed by atoms with Crippen LogP contribution in [0.3, 0.4) is 0 Å². The maximum atomic E-state index is 13.3. The second kappa shape index (κ2) is 6.46. The van der Waals surface area contributed by atoms with Gasteiger partial charge in [0.05, 0.1) is 12.5 Å². The fraction of sp³-hybridized carbons (Fsp3) is 0.435. The second-order valence-electron chi connectivity index (χ2n) is 7.97. The molecule has 0 radical (unpaired) electrons. The Bertz CT molecular complexity index is 800. The van der Waals surface area contributed by atoms with Crippen LogP contribution in [0.5, 0.6) is 5.75 Å². The number of likely N-dealkylation sites (tertiary alicyclic amines) is 1. The van der Waals surface area contributed by atoms with Crippen LogP contribution in [0, 0.1) is 13.8 Å². The maximum absolute atomic E-state index is 13.3. The standard InChI is InChI=1S/C23H27NO2/c1-16-12-17(2)14-20(13-16)23(9-10-23)22(25)24-11-8-19(15-24)18-4-6-21(26-3)7-5-18/h4-7,12-14,19H,8-11,15H2,1-3H3. The van der Waals surface area contributed by atoms with Crippen molar-refractivity contribution in [2.45, 2.75) is 44.4 Å². The second-order valence-corrected chi connectivity index (χ2v) is 7.97. The molecule has 1 atom stereocenters. The number of carbonyl (C=O) groups excluding carboxylic acids is 1. The van der Waals surface area contributed by atoms with Gasteiger partial charge in [-0.2, -0.15) is 0 Å². The summed E-state index contributed by atoms with van der Waals surface area (Å²) in [6.45, 7) is 5.93. The van der Waals surface area contributed by atoms with Gasteiger partial charge in [0, 0.05) is 19.0 Å². The Morgan fingerprint density at radius 3 is 2.31 bits per heavy atom. The number of hydrogen-bond acceptors (Lipinski definition) is 2. The smallest absolute Gasteiger partial charge is 0.233 e. The minimum Gasteiger partial charge on any atom is -0.497 e. The van der Waals surface area contributed by atoms with Gasteiger partial charge >= 0.3 is 0 Å². The number of aryl methyl sites for hydroxylation is 2. The molecule has 1 aliphatic carbocycles. The maximum Gasteiger partial charge on any atom is 0.233 e. The Morgan fingerprint density at radius 2 is 1.73 bits per heavy atom. The minimum absolute atomic E-state index is 0.258. The molecule has 0 N–H and O–H groups in total. The Labute approximate surface area is 156 Å². The number of hydrogen-bond donors (Lipinski definition) is 0. The fourth-order valence-electron chi connectivity index (χ4n) is 4.40. The topological polar surface area (TPSA) is 29.5 Å². The molecule has 2 fully saturated rings. The van der Waals surface area contributed by atoms with Gasteiger partial charge < -0.3 is 9.64 Å². The number of benzene rings is 2. The molecular formula is C23H27NO2. The molecule has 2 aromatic rings. The van der Waals surface area contributed by atoms with Gasteiger partial charge in [-0.3, -0.25) is 4.79 Å². The number of carbonyl (C=O) groups is 1. The monoisotopic (exact) mass is 349 g/mol. The van der Waals surface area contributed by atoms with E-state index < -0.39 is 0 Å². The molecule has 4 rings (SSSR count). The van der Waals surface area contributed by atoms with Crippen LogP contribution in [0.2, 0.25) is 0 Å². The van der Waals surface area contributed by atoms with Crippen LogP contribution in [-0.4, -0.2) is 31.0 Å². The zero-order chi connectivity index (χ0) is 18.3. The van der Waals surface area contributed by atoms with Crippen molar-refractivity contribution >= 4 is 5.91 Å². The largest absolute Gasteiger partial charge is 0.497 e. The molecule has 1 heterocycles. The summed E-state index contributed by atoms with van der Waals surface area (Å²) in [5.74, 6) is 1.64. The molecule has 0 spiro atoms. The molecule has 1 unspecified atom stereocenters. The predicted molar refractivity (Wildman–Crippen MR) is 104 cm³/mol. The van der Waals surface area contributed by atoms with Crippen molar-refractivity contribution in [3.8, 4) is 5.75 Å². The molecule has 2 aromatic carbocycles. The summed E-state index contributed by atoms with van der Waals surface area (Å²) in [5.41, 5.74) is 4.75. The third-order valence-electron chi connectivity index (χ3n) is 6.00. The first-order chi connectivity index (χ1) is 12.5. The van der Waals surface area contributed by atoms with E-state index in [1.807, 2.05) is 12.1 Å². The van der Waals surface area contributed by atoms with Crippen molar-refractivity contribution in [1.29, 1.82) is 0 Å². The van der Waals surface area contributed by atoms with Crippen molar-refractivity contribution in [1.82, 2.24) is 4.90 Å². The van der Waals surface area contributed by atoms with Crippen molar-refractivity contribution in [3.63, 3.8) is 0 Å². The van der Waals surface area contributed by atoms with Crippen molar-refractivity contribution in [2.24, 2.45) is 0 Å². The summed E-state index contributed by atoms with van der Waals surface area (Å²) in [7, 11) is 1.69. The van der Waals surface area contributed by atoms with E-state index in [1.165, 1.54) is 22.3 Å². The Hall–Kier alpha value is -2.29. The first kappa shape index (κ1) is 17.1. The summed E-state index contributed by atoms with van der Waals surface area (Å²) in [5, 5.41) is 0. The molecule has 136 valence electrons. The Morgan fingerprint density at radius 1 is 1.08 bits per heavy atom. The summed E-state index contributed by atoms with van der Waals surface area (Å²) in [4.78, 5) is 15.4. The predicted octanol–water partition coefficient (Wildman–Crippen LogP) is 4.36. The average molecular weight is 349 g/mol. The van der Waals surface area contributed by atoms with Gasteiger partial charge in [0.25, 0.3) is 0 Å². The van der Waals surface area contributed by atoms with Gasteiger partial charge in [-0.25, -0.2) is 0 Å². The van der Waals surface area contributed by atoms with Crippen molar-refractivity contribution in [2.75, 3.05) is 20.2 Å². The number of nitrogens with zero attached hydrogens (tertiary/aromatic N) is 1. The highest BCUT2D eigenvalue weighted by Crippen LogP contribution is 2.50. The number of ether oxygens (including phenoxy) is 1. The van der Waals surface area contributed by atoms with Gasteiger partial charge in [-0.15, -0.1) is 0 Å². The molecular weight excluding hydrogens is 322 g/mol. The highest BCUT2D eigenvalue weighted by Gasteiger charge is 2.53. The van der Waals surface area contributed by atoms with Gasteiger partial charge in [-0.05, 0) is 56.4 Å². The van der Waals surface area contributed by atoms with Gasteiger partial charge in [0.2, 0.25) is 5.91 Å². The molecule has 3 nitrogen and oxygen atoms in total. The molecule has 1 saturated carbocycles. The van der Waals surface area contributed by atoms with E-state index in [-0.39, 0.29) is 5.41 Å². The van der Waals surface area contributed by atoms with E-state index in [9.17, 15) is 4.79 Å². The van der Waals surface area contributed by atoms with Gasteiger partial charge in [0.1, 0.15) is 5.75 Å². The lowest BCUT2D eigenvalue weighted by molar-refractivity contribution is -0.132. The third-order valence-corrected chi connectivity index (χ3v) is 6.00. The molecule has 26 heavy (non-hydrogen) atoms. The fourth-order valence-corrected chi connectivity index (χ4v) is 4.40. The molecule has 0 aromatic heterocycles. The zero-order valence-corrected chi connectivity index (χ0v) is 15.9. The summed E-state index contributed by atoms with van der Waals surface area (Å²) < 4.78 is 5.25. The van der Waals surface area contributed by atoms with E-state index in [0.717, 1.165) is 38.1 Å². The zero-order valence-electron chi connectivity index (χ0n) is 15.9. The molecule has 1 amide bonds. The molecule has 1 aliphatic heterocycles.